The maximum atomic E-state index is 12.5. The highest BCUT2D eigenvalue weighted by Crippen LogP contribution is 2.34. The summed E-state index contributed by atoms with van der Waals surface area (Å²) in [4.78, 5) is 14.6. The molecule has 1 atom stereocenters. The molecule has 1 saturated heterocycles. The molecule has 2 aliphatic rings. The van der Waals surface area contributed by atoms with Crippen LogP contribution in [0.3, 0.4) is 0 Å². The van der Waals surface area contributed by atoms with Crippen LogP contribution >= 0.6 is 0 Å². The van der Waals surface area contributed by atoms with Gasteiger partial charge in [-0.1, -0.05) is 6.07 Å². The highest BCUT2D eigenvalue weighted by Gasteiger charge is 2.36. The SMILES string of the molecule is COc1ccc(CC[C@H]2CCCCN2C(=O)C2CC2)cc1OC. The van der Waals surface area contributed by atoms with E-state index in [0.717, 1.165) is 56.6 Å². The van der Waals surface area contributed by atoms with Gasteiger partial charge in [0.2, 0.25) is 5.91 Å². The van der Waals surface area contributed by atoms with Crippen LogP contribution in [0.25, 0.3) is 0 Å². The second-order valence-corrected chi connectivity index (χ2v) is 6.68. The number of hydrogen-bond acceptors (Lipinski definition) is 3. The Morgan fingerprint density at radius 3 is 2.61 bits per heavy atom. The fraction of sp³-hybridized carbons (Fsp3) is 0.632. The van der Waals surface area contributed by atoms with Gasteiger partial charge in [-0.2, -0.15) is 0 Å². The number of hydrogen-bond donors (Lipinski definition) is 0. The Kier molecular flexibility index (Phi) is 5.09. The predicted octanol–water partition coefficient (Wildman–Crippen LogP) is 3.43. The van der Waals surface area contributed by atoms with Crippen molar-refractivity contribution in [1.29, 1.82) is 0 Å². The van der Waals surface area contributed by atoms with E-state index in [1.807, 2.05) is 6.07 Å². The lowest BCUT2D eigenvalue weighted by molar-refractivity contribution is -0.136. The molecular weight excluding hydrogens is 290 g/mol. The standard InChI is InChI=1S/C19H27NO3/c1-22-17-11-7-14(13-18(17)23-2)6-10-16-5-3-4-12-20(16)19(21)15-8-9-15/h7,11,13,15-16H,3-6,8-10,12H2,1-2H3/t16-/m1/s1. The molecule has 0 unspecified atom stereocenters. The van der Waals surface area contributed by atoms with Crippen LogP contribution in [0.1, 0.15) is 44.1 Å². The lowest BCUT2D eigenvalue weighted by atomic mass is 9.95. The first-order valence-corrected chi connectivity index (χ1v) is 8.74. The average molecular weight is 317 g/mol. The van der Waals surface area contributed by atoms with E-state index >= 15 is 0 Å². The van der Waals surface area contributed by atoms with Gasteiger partial charge in [0.05, 0.1) is 14.2 Å². The van der Waals surface area contributed by atoms with Gasteiger partial charge < -0.3 is 14.4 Å². The zero-order valence-electron chi connectivity index (χ0n) is 14.2. The maximum Gasteiger partial charge on any atom is 0.225 e. The van der Waals surface area contributed by atoms with E-state index in [1.54, 1.807) is 14.2 Å². The third-order valence-electron chi connectivity index (χ3n) is 5.05. The van der Waals surface area contributed by atoms with Crippen LogP contribution in [-0.4, -0.2) is 37.6 Å². The van der Waals surface area contributed by atoms with Crippen LogP contribution in [0.4, 0.5) is 0 Å². The van der Waals surface area contributed by atoms with Gasteiger partial charge >= 0.3 is 0 Å². The third-order valence-corrected chi connectivity index (χ3v) is 5.05. The first-order chi connectivity index (χ1) is 11.2. The smallest absolute Gasteiger partial charge is 0.225 e. The highest BCUT2D eigenvalue weighted by atomic mass is 16.5. The first kappa shape index (κ1) is 16.2. The molecule has 0 N–H and O–H groups in total. The summed E-state index contributed by atoms with van der Waals surface area (Å²) < 4.78 is 10.7. The number of carbonyl (C=O) groups excluding carboxylic acids is 1. The zero-order chi connectivity index (χ0) is 16.2. The van der Waals surface area contributed by atoms with Crippen molar-refractivity contribution in [3.63, 3.8) is 0 Å². The molecule has 23 heavy (non-hydrogen) atoms. The molecule has 126 valence electrons. The summed E-state index contributed by atoms with van der Waals surface area (Å²) >= 11 is 0. The lowest BCUT2D eigenvalue weighted by Crippen LogP contribution is -2.44. The average Bonchev–Trinajstić information content (AvgIpc) is 3.44. The predicted molar refractivity (Wildman–Crippen MR) is 89.9 cm³/mol. The topological polar surface area (TPSA) is 38.8 Å². The number of rotatable bonds is 6. The number of piperidine rings is 1. The third kappa shape index (κ3) is 3.80. The fourth-order valence-electron chi connectivity index (χ4n) is 3.53. The molecule has 0 spiro atoms. The number of benzene rings is 1. The van der Waals surface area contributed by atoms with Crippen molar-refractivity contribution >= 4 is 5.91 Å². The number of nitrogens with zero attached hydrogens (tertiary/aromatic N) is 1. The van der Waals surface area contributed by atoms with Crippen molar-refractivity contribution in [2.75, 3.05) is 20.8 Å². The van der Waals surface area contributed by atoms with Crippen molar-refractivity contribution in [3.8, 4) is 11.5 Å². The van der Waals surface area contributed by atoms with E-state index in [9.17, 15) is 4.79 Å². The normalized spacial score (nSPS) is 21.1. The van der Waals surface area contributed by atoms with E-state index in [2.05, 4.69) is 17.0 Å². The lowest BCUT2D eigenvalue weighted by Gasteiger charge is -2.36. The molecule has 1 amide bonds. The van der Waals surface area contributed by atoms with E-state index in [0.29, 0.717) is 17.9 Å². The molecule has 1 aromatic carbocycles. The summed E-state index contributed by atoms with van der Waals surface area (Å²) in [5.74, 6) is 2.28. The Morgan fingerprint density at radius 2 is 1.91 bits per heavy atom. The van der Waals surface area contributed by atoms with Crippen molar-refractivity contribution in [2.45, 2.75) is 51.0 Å². The van der Waals surface area contributed by atoms with Crippen LogP contribution in [-0.2, 0) is 11.2 Å². The molecule has 1 aromatic rings. The summed E-state index contributed by atoms with van der Waals surface area (Å²) in [5, 5.41) is 0. The molecule has 3 rings (SSSR count). The molecule has 2 fully saturated rings. The number of carbonyl (C=O) groups is 1. The van der Waals surface area contributed by atoms with Crippen molar-refractivity contribution < 1.29 is 14.3 Å². The Balaban J connectivity index is 1.62. The van der Waals surface area contributed by atoms with Crippen molar-refractivity contribution in [2.24, 2.45) is 5.92 Å². The van der Waals surface area contributed by atoms with E-state index in [-0.39, 0.29) is 0 Å². The molecule has 1 heterocycles. The monoisotopic (exact) mass is 317 g/mol. The highest BCUT2D eigenvalue weighted by molar-refractivity contribution is 5.81. The van der Waals surface area contributed by atoms with E-state index in [1.165, 1.54) is 12.0 Å². The minimum Gasteiger partial charge on any atom is -0.493 e. The summed E-state index contributed by atoms with van der Waals surface area (Å²) in [6.07, 6.45) is 7.74. The van der Waals surface area contributed by atoms with Crippen LogP contribution in [0, 0.1) is 5.92 Å². The molecule has 4 heteroatoms. The molecule has 1 saturated carbocycles. The fourth-order valence-corrected chi connectivity index (χ4v) is 3.53. The number of likely N-dealkylation sites (tertiary alicyclic amines) is 1. The van der Waals surface area contributed by atoms with Crippen molar-refractivity contribution in [1.82, 2.24) is 4.90 Å². The Hall–Kier alpha value is -1.71. The zero-order valence-corrected chi connectivity index (χ0v) is 14.2. The Morgan fingerprint density at radius 1 is 1.13 bits per heavy atom. The quantitative estimate of drug-likeness (QED) is 0.807. The second-order valence-electron chi connectivity index (χ2n) is 6.68. The molecule has 1 aliphatic carbocycles. The Bertz CT molecular complexity index is 554. The first-order valence-electron chi connectivity index (χ1n) is 8.74. The maximum absolute atomic E-state index is 12.5. The van der Waals surface area contributed by atoms with Gasteiger partial charge in [0.15, 0.2) is 11.5 Å². The summed E-state index contributed by atoms with van der Waals surface area (Å²) in [7, 11) is 3.32. The molecule has 0 aromatic heterocycles. The van der Waals surface area contributed by atoms with Crippen LogP contribution in [0.5, 0.6) is 11.5 Å². The van der Waals surface area contributed by atoms with Gasteiger partial charge in [-0.3, -0.25) is 4.79 Å². The largest absolute Gasteiger partial charge is 0.493 e. The summed E-state index contributed by atoms with van der Waals surface area (Å²) in [5.41, 5.74) is 1.24. The summed E-state index contributed by atoms with van der Waals surface area (Å²) in [6, 6.07) is 6.51. The molecule has 1 aliphatic heterocycles. The molecule has 0 bridgehead atoms. The van der Waals surface area contributed by atoms with E-state index in [4.69, 9.17) is 9.47 Å². The van der Waals surface area contributed by atoms with Crippen LogP contribution in [0.15, 0.2) is 18.2 Å². The van der Waals surface area contributed by atoms with Gasteiger partial charge in [-0.25, -0.2) is 0 Å². The number of aryl methyl sites for hydroxylation is 1. The molecular formula is C19H27NO3. The Labute approximate surface area is 138 Å². The van der Waals surface area contributed by atoms with Crippen LogP contribution < -0.4 is 9.47 Å². The minimum atomic E-state index is 0.330. The summed E-state index contributed by atoms with van der Waals surface area (Å²) in [6.45, 7) is 0.950. The number of ether oxygens (including phenoxy) is 2. The molecule has 0 radical (unpaired) electrons. The number of amides is 1. The molecule has 4 nitrogen and oxygen atoms in total. The van der Waals surface area contributed by atoms with Gasteiger partial charge in [0.1, 0.15) is 0 Å². The second kappa shape index (κ2) is 7.24. The van der Waals surface area contributed by atoms with Gasteiger partial charge in [0, 0.05) is 18.5 Å². The van der Waals surface area contributed by atoms with Crippen LogP contribution in [0.2, 0.25) is 0 Å². The van der Waals surface area contributed by atoms with Crippen molar-refractivity contribution in [3.05, 3.63) is 23.8 Å². The minimum absolute atomic E-state index is 0.330. The van der Waals surface area contributed by atoms with Gasteiger partial charge in [0.25, 0.3) is 0 Å². The van der Waals surface area contributed by atoms with Gasteiger partial charge in [-0.15, -0.1) is 0 Å². The van der Waals surface area contributed by atoms with Gasteiger partial charge in [-0.05, 0) is 62.6 Å². The number of methoxy groups -OCH3 is 2. The van der Waals surface area contributed by atoms with E-state index < -0.39 is 0 Å².